The number of rotatable bonds is 2. The topological polar surface area (TPSA) is 50.9 Å². The fourth-order valence-corrected chi connectivity index (χ4v) is 2.21. The summed E-state index contributed by atoms with van der Waals surface area (Å²) in [6, 6.07) is 7.50. The van der Waals surface area contributed by atoms with Gasteiger partial charge in [-0.15, -0.1) is 11.3 Å². The maximum Gasteiger partial charge on any atom is 0.189 e. The summed E-state index contributed by atoms with van der Waals surface area (Å²) in [6.45, 7) is 0. The van der Waals surface area contributed by atoms with Crippen molar-refractivity contribution >= 4 is 45.4 Å². The second-order valence-corrected chi connectivity index (χ2v) is 4.77. The van der Waals surface area contributed by atoms with E-state index in [2.05, 4.69) is 10.3 Å². The molecule has 0 aliphatic rings. The van der Waals surface area contributed by atoms with Crippen LogP contribution in [0.15, 0.2) is 29.6 Å². The number of anilines is 1. The maximum atomic E-state index is 5.81. The van der Waals surface area contributed by atoms with Gasteiger partial charge in [0.1, 0.15) is 0 Å². The van der Waals surface area contributed by atoms with Gasteiger partial charge in [0.15, 0.2) is 10.2 Å². The fourth-order valence-electron chi connectivity index (χ4n) is 1.19. The van der Waals surface area contributed by atoms with Gasteiger partial charge >= 0.3 is 0 Å². The lowest BCUT2D eigenvalue weighted by Crippen LogP contribution is -2.18. The Morgan fingerprint density at radius 3 is 2.69 bits per heavy atom. The molecule has 0 radical (unpaired) electrons. The lowest BCUT2D eigenvalue weighted by molar-refractivity contribution is 1.40. The minimum Gasteiger partial charge on any atom is -0.376 e. The van der Waals surface area contributed by atoms with Crippen LogP contribution in [-0.4, -0.2) is 10.1 Å². The van der Waals surface area contributed by atoms with Crippen LogP contribution in [-0.2, 0) is 0 Å². The van der Waals surface area contributed by atoms with E-state index < -0.39 is 0 Å². The molecule has 82 valence electrons. The van der Waals surface area contributed by atoms with Crippen LogP contribution < -0.4 is 11.1 Å². The zero-order valence-electron chi connectivity index (χ0n) is 8.11. The summed E-state index contributed by atoms with van der Waals surface area (Å²) in [5, 5.41) is 6.35. The van der Waals surface area contributed by atoms with E-state index >= 15 is 0 Å². The van der Waals surface area contributed by atoms with E-state index in [9.17, 15) is 0 Å². The first-order valence-electron chi connectivity index (χ1n) is 4.43. The molecule has 1 heterocycles. The standard InChI is InChI=1S/C10H8ClN3S2/c11-7-3-1-6(2-4-7)8-5-16-10(13-8)14-9(12)15/h1-5H,(H3,12,13,14,15). The number of halogens is 1. The van der Waals surface area contributed by atoms with Crippen molar-refractivity contribution in [3.05, 3.63) is 34.7 Å². The number of benzene rings is 1. The molecule has 0 saturated heterocycles. The molecule has 2 aromatic rings. The number of nitrogens with zero attached hydrogens (tertiary/aromatic N) is 1. The third-order valence-corrected chi connectivity index (χ3v) is 2.99. The SMILES string of the molecule is NC(=S)Nc1nc(-c2ccc(Cl)cc2)cs1. The number of thiazole rings is 1. The first-order valence-corrected chi connectivity index (χ1v) is 6.09. The van der Waals surface area contributed by atoms with Crippen LogP contribution in [0.2, 0.25) is 5.02 Å². The molecule has 0 bridgehead atoms. The molecule has 0 spiro atoms. The second kappa shape index (κ2) is 4.78. The molecule has 3 nitrogen and oxygen atoms in total. The summed E-state index contributed by atoms with van der Waals surface area (Å²) in [6.07, 6.45) is 0. The highest BCUT2D eigenvalue weighted by Gasteiger charge is 2.04. The molecule has 3 N–H and O–H groups in total. The highest BCUT2D eigenvalue weighted by Crippen LogP contribution is 2.25. The van der Waals surface area contributed by atoms with Gasteiger partial charge in [-0.2, -0.15) is 0 Å². The third kappa shape index (κ3) is 2.69. The molecule has 0 aliphatic carbocycles. The molecule has 16 heavy (non-hydrogen) atoms. The average Bonchev–Trinajstić information content (AvgIpc) is 2.66. The van der Waals surface area contributed by atoms with Crippen LogP contribution in [0.25, 0.3) is 11.3 Å². The van der Waals surface area contributed by atoms with E-state index in [1.165, 1.54) is 11.3 Å². The Balaban J connectivity index is 2.24. The van der Waals surface area contributed by atoms with Gasteiger partial charge in [-0.3, -0.25) is 0 Å². The van der Waals surface area contributed by atoms with E-state index in [1.807, 2.05) is 29.6 Å². The first-order chi connectivity index (χ1) is 7.65. The molecular weight excluding hydrogens is 262 g/mol. The normalized spacial score (nSPS) is 10.1. The Hall–Kier alpha value is -1.17. The van der Waals surface area contributed by atoms with Crippen molar-refractivity contribution < 1.29 is 0 Å². The minimum atomic E-state index is 0.219. The number of thiocarbonyl (C=S) groups is 1. The first kappa shape index (κ1) is 11.3. The summed E-state index contributed by atoms with van der Waals surface area (Å²) in [5.41, 5.74) is 7.25. The highest BCUT2D eigenvalue weighted by molar-refractivity contribution is 7.80. The van der Waals surface area contributed by atoms with Crippen LogP contribution in [0.5, 0.6) is 0 Å². The predicted molar refractivity (Wildman–Crippen MR) is 73.0 cm³/mol. The van der Waals surface area contributed by atoms with Crippen molar-refractivity contribution in [1.29, 1.82) is 0 Å². The van der Waals surface area contributed by atoms with Gasteiger partial charge in [0.05, 0.1) is 5.69 Å². The summed E-state index contributed by atoms with van der Waals surface area (Å²) in [7, 11) is 0. The lowest BCUT2D eigenvalue weighted by atomic mass is 10.2. The zero-order chi connectivity index (χ0) is 11.5. The Morgan fingerprint density at radius 1 is 1.38 bits per heavy atom. The van der Waals surface area contributed by atoms with Gasteiger partial charge in [-0.25, -0.2) is 4.98 Å². The van der Waals surface area contributed by atoms with E-state index in [0.29, 0.717) is 10.2 Å². The smallest absolute Gasteiger partial charge is 0.189 e. The zero-order valence-corrected chi connectivity index (χ0v) is 10.5. The quantitative estimate of drug-likeness (QED) is 0.823. The van der Waals surface area contributed by atoms with Crippen molar-refractivity contribution in [2.45, 2.75) is 0 Å². The molecular formula is C10H8ClN3S2. The predicted octanol–water partition coefficient (Wildman–Crippen LogP) is 3.12. The van der Waals surface area contributed by atoms with Crippen LogP contribution >= 0.6 is 35.2 Å². The molecule has 0 aliphatic heterocycles. The average molecular weight is 270 g/mol. The van der Waals surface area contributed by atoms with E-state index in [-0.39, 0.29) is 5.11 Å². The Labute approximate surface area is 107 Å². The second-order valence-electron chi connectivity index (χ2n) is 3.03. The van der Waals surface area contributed by atoms with Crippen molar-refractivity contribution in [3.63, 3.8) is 0 Å². The molecule has 0 saturated carbocycles. The van der Waals surface area contributed by atoms with Gasteiger partial charge in [-0.1, -0.05) is 23.7 Å². The van der Waals surface area contributed by atoms with E-state index in [4.69, 9.17) is 29.6 Å². The Kier molecular flexibility index (Phi) is 3.38. The van der Waals surface area contributed by atoms with Gasteiger partial charge < -0.3 is 11.1 Å². The lowest BCUT2D eigenvalue weighted by Gasteiger charge is -1.97. The number of hydrogen-bond donors (Lipinski definition) is 2. The van der Waals surface area contributed by atoms with Gasteiger partial charge in [0.2, 0.25) is 0 Å². The Bertz CT molecular complexity index is 507. The van der Waals surface area contributed by atoms with Crippen molar-refractivity contribution in [2.24, 2.45) is 5.73 Å². The molecule has 1 aromatic heterocycles. The molecule has 2 rings (SSSR count). The molecule has 0 unspecified atom stereocenters. The summed E-state index contributed by atoms with van der Waals surface area (Å²) in [5.74, 6) is 0. The van der Waals surface area contributed by atoms with E-state index in [1.54, 1.807) is 0 Å². The summed E-state index contributed by atoms with van der Waals surface area (Å²) in [4.78, 5) is 4.35. The van der Waals surface area contributed by atoms with Crippen molar-refractivity contribution in [3.8, 4) is 11.3 Å². The maximum absolute atomic E-state index is 5.81. The minimum absolute atomic E-state index is 0.219. The van der Waals surface area contributed by atoms with Crippen LogP contribution in [0, 0.1) is 0 Å². The molecule has 1 aromatic carbocycles. The number of hydrogen-bond acceptors (Lipinski definition) is 3. The molecule has 0 fully saturated rings. The number of nitrogens with one attached hydrogen (secondary N) is 1. The number of nitrogens with two attached hydrogens (primary N) is 1. The monoisotopic (exact) mass is 269 g/mol. The Morgan fingerprint density at radius 2 is 2.06 bits per heavy atom. The summed E-state index contributed by atoms with van der Waals surface area (Å²) >= 11 is 12.0. The molecule has 6 heteroatoms. The van der Waals surface area contributed by atoms with Gasteiger partial charge in [0, 0.05) is 16.0 Å². The number of aromatic nitrogens is 1. The van der Waals surface area contributed by atoms with E-state index in [0.717, 1.165) is 11.3 Å². The van der Waals surface area contributed by atoms with Crippen LogP contribution in [0.3, 0.4) is 0 Å². The van der Waals surface area contributed by atoms with Crippen molar-refractivity contribution in [2.75, 3.05) is 5.32 Å². The molecule has 0 amide bonds. The van der Waals surface area contributed by atoms with Crippen LogP contribution in [0.4, 0.5) is 5.13 Å². The largest absolute Gasteiger partial charge is 0.376 e. The highest BCUT2D eigenvalue weighted by atomic mass is 35.5. The van der Waals surface area contributed by atoms with Crippen molar-refractivity contribution in [1.82, 2.24) is 4.98 Å². The van der Waals surface area contributed by atoms with Gasteiger partial charge in [0.25, 0.3) is 0 Å². The fraction of sp³-hybridized carbons (Fsp3) is 0. The molecule has 0 atom stereocenters. The summed E-state index contributed by atoms with van der Waals surface area (Å²) < 4.78 is 0. The van der Waals surface area contributed by atoms with Crippen LogP contribution in [0.1, 0.15) is 0 Å². The third-order valence-electron chi connectivity index (χ3n) is 1.87. The van der Waals surface area contributed by atoms with Gasteiger partial charge in [-0.05, 0) is 24.4 Å².